The lowest BCUT2D eigenvalue weighted by atomic mass is 10.1. The summed E-state index contributed by atoms with van der Waals surface area (Å²) in [5, 5.41) is 0. The van der Waals surface area contributed by atoms with Gasteiger partial charge in [-0.05, 0) is 44.9 Å². The summed E-state index contributed by atoms with van der Waals surface area (Å²) in [5.41, 5.74) is 0. The van der Waals surface area contributed by atoms with Crippen molar-refractivity contribution in [3.05, 3.63) is 0 Å². The van der Waals surface area contributed by atoms with E-state index in [4.69, 9.17) is 85.3 Å². The van der Waals surface area contributed by atoms with Gasteiger partial charge < -0.3 is 85.3 Å². The van der Waals surface area contributed by atoms with Crippen LogP contribution in [0.4, 0.5) is 0 Å². The molecule has 19 heteroatoms. The van der Waals surface area contributed by atoms with Crippen molar-refractivity contribution in [2.45, 2.75) is 65.2 Å². The van der Waals surface area contributed by atoms with Crippen LogP contribution in [-0.4, -0.2) is 238 Å². The Morgan fingerprint density at radius 2 is 0.439 bits per heavy atom. The van der Waals surface area contributed by atoms with E-state index in [0.717, 1.165) is 51.4 Å². The number of rotatable bonds is 60. The van der Waals surface area contributed by atoms with Crippen molar-refractivity contribution >= 4 is 5.97 Å². The Morgan fingerprint density at radius 1 is 0.273 bits per heavy atom. The molecule has 19 nitrogen and oxygen atoms in total. The first-order valence-electron chi connectivity index (χ1n) is 24.6. The molecule has 1 unspecified atom stereocenters. The Labute approximate surface area is 398 Å². The second kappa shape index (κ2) is 59.9. The lowest BCUT2D eigenvalue weighted by Crippen LogP contribution is -2.15. The molecular weight excluding hydrogens is 868 g/mol. The fourth-order valence-corrected chi connectivity index (χ4v) is 5.06. The average Bonchev–Trinajstić information content (AvgIpc) is 3.33. The first kappa shape index (κ1) is 64.8. The van der Waals surface area contributed by atoms with Crippen LogP contribution in [0.25, 0.3) is 0 Å². The molecular formula is C47H94O19. The van der Waals surface area contributed by atoms with Crippen molar-refractivity contribution in [2.75, 3.05) is 232 Å². The molecule has 0 aromatic rings. The summed E-state index contributed by atoms with van der Waals surface area (Å²) in [6, 6.07) is 0. The number of carbonyl (C=O) groups excluding carboxylic acids is 1. The standard InChI is InChI=1S/C47H94O19/c1-4-46(2)47(48)66-25-11-24-55-21-9-20-53-17-7-16-51-13-5-12-50-14-6-15-52-18-8-19-54-22-10-23-56-28-29-58-32-33-60-36-37-62-40-41-64-44-45-65-43-42-63-39-38-61-35-34-59-31-30-57-27-26-49-3/h46H,4-45H2,1-3H3. The molecule has 0 aromatic heterocycles. The Kier molecular flexibility index (Phi) is 58.8. The van der Waals surface area contributed by atoms with Gasteiger partial charge in [0.1, 0.15) is 0 Å². The summed E-state index contributed by atoms with van der Waals surface area (Å²) in [7, 11) is 1.65. The molecule has 0 aromatic carbocycles. The Balaban J connectivity index is 3.09. The predicted octanol–water partition coefficient (Wildman–Crippen LogP) is 4.22. The number of hydrogen-bond donors (Lipinski definition) is 0. The summed E-state index contributed by atoms with van der Waals surface area (Å²) in [4.78, 5) is 11.6. The lowest BCUT2D eigenvalue weighted by molar-refractivity contribution is -0.148. The third kappa shape index (κ3) is 57.1. The summed E-state index contributed by atoms with van der Waals surface area (Å²) in [6.45, 7) is 23.5. The van der Waals surface area contributed by atoms with Gasteiger partial charge in [0.05, 0.1) is 145 Å². The van der Waals surface area contributed by atoms with Gasteiger partial charge in [0, 0.05) is 99.4 Å². The van der Waals surface area contributed by atoms with Gasteiger partial charge >= 0.3 is 5.97 Å². The highest BCUT2D eigenvalue weighted by Gasteiger charge is 2.11. The van der Waals surface area contributed by atoms with Crippen LogP contribution in [-0.2, 0) is 90.1 Å². The highest BCUT2D eigenvalue weighted by molar-refractivity contribution is 5.71. The van der Waals surface area contributed by atoms with Crippen molar-refractivity contribution < 1.29 is 90.1 Å². The molecule has 0 aliphatic carbocycles. The van der Waals surface area contributed by atoms with Crippen LogP contribution in [0.2, 0.25) is 0 Å². The van der Waals surface area contributed by atoms with E-state index in [9.17, 15) is 4.79 Å². The molecule has 66 heavy (non-hydrogen) atoms. The zero-order valence-corrected chi connectivity index (χ0v) is 41.5. The number of carbonyl (C=O) groups is 1. The Morgan fingerprint density at radius 3 is 0.636 bits per heavy atom. The van der Waals surface area contributed by atoms with E-state index in [1.54, 1.807) is 7.11 Å². The van der Waals surface area contributed by atoms with Crippen molar-refractivity contribution in [3.8, 4) is 0 Å². The van der Waals surface area contributed by atoms with E-state index >= 15 is 0 Å². The molecule has 0 saturated carbocycles. The number of hydrogen-bond acceptors (Lipinski definition) is 19. The second-order valence-electron chi connectivity index (χ2n) is 14.7. The van der Waals surface area contributed by atoms with Gasteiger partial charge in [0.15, 0.2) is 0 Å². The number of methoxy groups -OCH3 is 1. The monoisotopic (exact) mass is 963 g/mol. The lowest BCUT2D eigenvalue weighted by Gasteiger charge is -2.09. The molecule has 0 radical (unpaired) electrons. The zero-order chi connectivity index (χ0) is 47.6. The fraction of sp³-hybridized carbons (Fsp3) is 0.979. The normalized spacial score (nSPS) is 12.1. The molecule has 0 amide bonds. The van der Waals surface area contributed by atoms with E-state index in [2.05, 4.69) is 0 Å². The molecule has 1 atom stereocenters. The van der Waals surface area contributed by atoms with E-state index < -0.39 is 0 Å². The van der Waals surface area contributed by atoms with Crippen LogP contribution in [0, 0.1) is 5.92 Å². The van der Waals surface area contributed by atoms with Gasteiger partial charge in [-0.2, -0.15) is 0 Å². The van der Waals surface area contributed by atoms with Gasteiger partial charge in [0.2, 0.25) is 0 Å². The topological polar surface area (TPSA) is 183 Å². The smallest absolute Gasteiger partial charge is 0.308 e. The molecule has 0 fully saturated rings. The molecule has 0 aliphatic heterocycles. The third-order valence-electron chi connectivity index (χ3n) is 8.94. The van der Waals surface area contributed by atoms with E-state index in [-0.39, 0.29) is 11.9 Å². The Bertz CT molecular complexity index is 896. The van der Waals surface area contributed by atoms with Crippen molar-refractivity contribution in [1.29, 1.82) is 0 Å². The summed E-state index contributed by atoms with van der Waals surface area (Å²) < 4.78 is 98.7. The fourth-order valence-electron chi connectivity index (χ4n) is 5.06. The number of esters is 1. The number of ether oxygens (including phenoxy) is 18. The minimum absolute atomic E-state index is 0.0378. The van der Waals surface area contributed by atoms with Gasteiger partial charge in [-0.15, -0.1) is 0 Å². The molecule has 396 valence electrons. The highest BCUT2D eigenvalue weighted by atomic mass is 16.6. The quantitative estimate of drug-likeness (QED) is 0.0623. The summed E-state index contributed by atoms with van der Waals surface area (Å²) in [5.74, 6) is -0.167. The van der Waals surface area contributed by atoms with E-state index in [1.807, 2.05) is 13.8 Å². The molecule has 0 rings (SSSR count). The summed E-state index contributed by atoms with van der Waals surface area (Å²) >= 11 is 0. The zero-order valence-electron chi connectivity index (χ0n) is 41.5. The van der Waals surface area contributed by atoms with Gasteiger partial charge in [-0.3, -0.25) is 4.79 Å². The molecule has 0 spiro atoms. The predicted molar refractivity (Wildman–Crippen MR) is 248 cm³/mol. The van der Waals surface area contributed by atoms with Crippen molar-refractivity contribution in [3.63, 3.8) is 0 Å². The highest BCUT2D eigenvalue weighted by Crippen LogP contribution is 2.03. The van der Waals surface area contributed by atoms with E-state index in [1.165, 1.54) is 0 Å². The maximum absolute atomic E-state index is 11.6. The average molecular weight is 963 g/mol. The van der Waals surface area contributed by atoms with Crippen LogP contribution in [0.3, 0.4) is 0 Å². The summed E-state index contributed by atoms with van der Waals surface area (Å²) in [6.07, 6.45) is 6.69. The molecule has 0 bridgehead atoms. The SMILES string of the molecule is CCC(C)C(=O)OCCCOCCCOCCCOCCCOCCCOCCCOCCCOCCOCCOCCOCCOCCOCCOCCOCCOCCOCCOC. The first-order valence-corrected chi connectivity index (χ1v) is 24.6. The maximum atomic E-state index is 11.6. The van der Waals surface area contributed by atoms with Crippen LogP contribution < -0.4 is 0 Å². The van der Waals surface area contributed by atoms with Crippen LogP contribution in [0.1, 0.15) is 65.2 Å². The molecule has 0 heterocycles. The third-order valence-corrected chi connectivity index (χ3v) is 8.94. The van der Waals surface area contributed by atoms with Crippen LogP contribution >= 0.6 is 0 Å². The maximum Gasteiger partial charge on any atom is 0.308 e. The van der Waals surface area contributed by atoms with Crippen molar-refractivity contribution in [1.82, 2.24) is 0 Å². The van der Waals surface area contributed by atoms with Crippen LogP contribution in [0.15, 0.2) is 0 Å². The van der Waals surface area contributed by atoms with E-state index in [0.29, 0.717) is 225 Å². The molecule has 0 aliphatic rings. The van der Waals surface area contributed by atoms with Crippen LogP contribution in [0.5, 0.6) is 0 Å². The van der Waals surface area contributed by atoms with Gasteiger partial charge in [-0.25, -0.2) is 0 Å². The minimum atomic E-state index is -0.130. The largest absolute Gasteiger partial charge is 0.465 e. The molecule has 0 saturated heterocycles. The van der Waals surface area contributed by atoms with Gasteiger partial charge in [-0.1, -0.05) is 13.8 Å². The second-order valence-corrected chi connectivity index (χ2v) is 14.7. The first-order chi connectivity index (χ1) is 32.7. The Hall–Kier alpha value is -1.21. The van der Waals surface area contributed by atoms with Gasteiger partial charge in [0.25, 0.3) is 0 Å². The minimum Gasteiger partial charge on any atom is -0.465 e. The molecule has 0 N–H and O–H groups in total. The van der Waals surface area contributed by atoms with Crippen molar-refractivity contribution in [2.24, 2.45) is 5.92 Å².